The number of carboxylic acids is 1. The van der Waals surface area contributed by atoms with Crippen molar-refractivity contribution in [3.63, 3.8) is 0 Å². The van der Waals surface area contributed by atoms with Crippen LogP contribution in [0.4, 0.5) is 0 Å². The summed E-state index contributed by atoms with van der Waals surface area (Å²) in [5.74, 6) is -1.29. The molecule has 0 heterocycles. The smallest absolute Gasteiger partial charge is 0.332 e. The molecule has 0 aliphatic carbocycles. The lowest BCUT2D eigenvalue weighted by Crippen LogP contribution is -2.25. The molecular formula is C15H32N4O3. The van der Waals surface area contributed by atoms with Crippen LogP contribution in [0.1, 0.15) is 71.6 Å². The van der Waals surface area contributed by atoms with Gasteiger partial charge in [-0.25, -0.2) is 10.2 Å². The number of nitrogens with two attached hydrogens (primary N) is 1. The van der Waals surface area contributed by atoms with Crippen LogP contribution < -0.4 is 11.2 Å². The van der Waals surface area contributed by atoms with Crippen molar-refractivity contribution in [3.8, 4) is 0 Å². The Morgan fingerprint density at radius 3 is 2.09 bits per heavy atom. The normalized spacial score (nSPS) is 11.6. The Morgan fingerprint density at radius 2 is 1.68 bits per heavy atom. The van der Waals surface area contributed by atoms with Gasteiger partial charge in [-0.05, 0) is 19.8 Å². The Hall–Kier alpha value is -1.63. The molecule has 0 fully saturated rings. The zero-order chi connectivity index (χ0) is 17.2. The van der Waals surface area contributed by atoms with E-state index in [1.54, 1.807) is 6.21 Å². The van der Waals surface area contributed by atoms with Crippen LogP contribution in [-0.2, 0) is 4.79 Å². The zero-order valence-corrected chi connectivity index (χ0v) is 13.8. The van der Waals surface area contributed by atoms with Crippen molar-refractivity contribution in [1.29, 1.82) is 5.41 Å². The van der Waals surface area contributed by atoms with Gasteiger partial charge < -0.3 is 15.9 Å². The molecule has 0 radical (unpaired) electrons. The Kier molecular flexibility index (Phi) is 17.9. The molecule has 0 aromatic carbocycles. The predicted molar refractivity (Wildman–Crippen MR) is 90.1 cm³/mol. The van der Waals surface area contributed by atoms with Crippen molar-refractivity contribution >= 4 is 18.1 Å². The third kappa shape index (κ3) is 23.5. The first-order chi connectivity index (χ1) is 10.4. The zero-order valence-electron chi connectivity index (χ0n) is 13.8. The minimum atomic E-state index is -1.23. The fourth-order valence-electron chi connectivity index (χ4n) is 1.55. The van der Waals surface area contributed by atoms with Gasteiger partial charge in [-0.1, -0.05) is 51.9 Å². The van der Waals surface area contributed by atoms with Crippen LogP contribution in [0.25, 0.3) is 0 Å². The van der Waals surface area contributed by atoms with Gasteiger partial charge in [0.25, 0.3) is 0 Å². The van der Waals surface area contributed by atoms with E-state index in [0.717, 1.165) is 6.42 Å². The number of unbranched alkanes of at least 4 members (excludes halogenated alkanes) is 8. The molecule has 22 heavy (non-hydrogen) atoms. The van der Waals surface area contributed by atoms with Crippen molar-refractivity contribution in [1.82, 2.24) is 5.43 Å². The highest BCUT2D eigenvalue weighted by Crippen LogP contribution is 2.08. The van der Waals surface area contributed by atoms with Crippen LogP contribution in [-0.4, -0.2) is 34.5 Å². The van der Waals surface area contributed by atoms with E-state index in [9.17, 15) is 4.79 Å². The van der Waals surface area contributed by atoms with Crippen molar-refractivity contribution in [3.05, 3.63) is 0 Å². The van der Waals surface area contributed by atoms with E-state index in [1.807, 2.05) is 0 Å². The van der Waals surface area contributed by atoms with E-state index in [-0.39, 0.29) is 5.96 Å². The van der Waals surface area contributed by atoms with Crippen LogP contribution in [0.5, 0.6) is 0 Å². The summed E-state index contributed by atoms with van der Waals surface area (Å²) >= 11 is 0. The van der Waals surface area contributed by atoms with Gasteiger partial charge in [0.15, 0.2) is 0 Å². The molecule has 0 aliphatic rings. The number of aliphatic hydroxyl groups excluding tert-OH is 1. The molecule has 0 bridgehead atoms. The molecule has 1 unspecified atom stereocenters. The molecule has 0 rings (SSSR count). The SMILES string of the molecule is CC(O)C(=O)O.CCCCCCCCCCC=NNC(=N)N. The summed E-state index contributed by atoms with van der Waals surface area (Å²) in [5.41, 5.74) is 7.47. The Labute approximate surface area is 133 Å². The predicted octanol–water partition coefficient (Wildman–Crippen LogP) is 2.44. The Balaban J connectivity index is 0. The number of hydrogen-bond acceptors (Lipinski definition) is 4. The summed E-state index contributed by atoms with van der Waals surface area (Å²) in [7, 11) is 0. The number of carboxylic acid groups (broad SMARTS) is 1. The van der Waals surface area contributed by atoms with Crippen LogP contribution >= 0.6 is 0 Å². The molecule has 6 N–H and O–H groups in total. The number of hydrazone groups is 1. The Morgan fingerprint density at radius 1 is 1.23 bits per heavy atom. The minimum Gasteiger partial charge on any atom is -0.479 e. The minimum absolute atomic E-state index is 0.104. The van der Waals surface area contributed by atoms with Crippen LogP contribution in [0, 0.1) is 5.41 Å². The molecule has 0 aromatic heterocycles. The number of aliphatic carboxylic acids is 1. The van der Waals surface area contributed by atoms with E-state index in [2.05, 4.69) is 17.5 Å². The average Bonchev–Trinajstić information content (AvgIpc) is 2.45. The second-order valence-electron chi connectivity index (χ2n) is 5.11. The maximum Gasteiger partial charge on any atom is 0.332 e. The van der Waals surface area contributed by atoms with E-state index in [0.29, 0.717) is 0 Å². The van der Waals surface area contributed by atoms with Gasteiger partial charge in [-0.3, -0.25) is 5.41 Å². The van der Waals surface area contributed by atoms with Gasteiger partial charge in [0.05, 0.1) is 0 Å². The quantitative estimate of drug-likeness (QED) is 0.173. The summed E-state index contributed by atoms with van der Waals surface area (Å²) in [4.78, 5) is 9.45. The van der Waals surface area contributed by atoms with Crippen LogP contribution in [0.15, 0.2) is 5.10 Å². The summed E-state index contributed by atoms with van der Waals surface area (Å²) in [5, 5.41) is 26.4. The average molecular weight is 316 g/mol. The Bertz CT molecular complexity index is 307. The van der Waals surface area contributed by atoms with Crippen molar-refractivity contribution in [2.24, 2.45) is 10.8 Å². The molecule has 7 nitrogen and oxygen atoms in total. The lowest BCUT2D eigenvalue weighted by Gasteiger charge is -1.99. The maximum atomic E-state index is 9.45. The fraction of sp³-hybridized carbons (Fsp3) is 0.800. The van der Waals surface area contributed by atoms with Crippen LogP contribution in [0.3, 0.4) is 0 Å². The molecular weight excluding hydrogens is 284 g/mol. The first kappa shape index (κ1) is 22.6. The lowest BCUT2D eigenvalue weighted by molar-refractivity contribution is -0.145. The van der Waals surface area contributed by atoms with Gasteiger partial charge >= 0.3 is 5.97 Å². The maximum absolute atomic E-state index is 9.45. The number of hydrogen-bond donors (Lipinski definition) is 5. The highest BCUT2D eigenvalue weighted by Gasteiger charge is 2.01. The van der Waals surface area contributed by atoms with Gasteiger partial charge in [-0.15, -0.1) is 0 Å². The second kappa shape index (κ2) is 17.4. The summed E-state index contributed by atoms with van der Waals surface area (Å²) in [6.45, 7) is 3.44. The largest absolute Gasteiger partial charge is 0.479 e. The van der Waals surface area contributed by atoms with Crippen molar-refractivity contribution < 1.29 is 15.0 Å². The number of nitrogens with one attached hydrogen (secondary N) is 2. The fourth-order valence-corrected chi connectivity index (χ4v) is 1.55. The second-order valence-corrected chi connectivity index (χ2v) is 5.11. The van der Waals surface area contributed by atoms with Crippen molar-refractivity contribution in [2.45, 2.75) is 77.7 Å². The summed E-state index contributed by atoms with van der Waals surface area (Å²) in [6.07, 6.45) is 12.1. The first-order valence-corrected chi connectivity index (χ1v) is 7.94. The molecule has 7 heteroatoms. The topological polar surface area (TPSA) is 132 Å². The molecule has 0 amide bonds. The lowest BCUT2D eigenvalue weighted by atomic mass is 10.1. The highest BCUT2D eigenvalue weighted by atomic mass is 16.4. The number of aliphatic hydroxyl groups is 1. The third-order valence-electron chi connectivity index (χ3n) is 2.82. The standard InChI is InChI=1S/C12H26N4.C3H6O3/c1-2-3-4-5-6-7-8-9-10-11-15-16-12(13)14;1-2(4)3(5)6/h11H,2-10H2,1H3,(H4,13,14,16);2,4H,1H3,(H,5,6). The summed E-state index contributed by atoms with van der Waals surface area (Å²) in [6, 6.07) is 0. The third-order valence-corrected chi connectivity index (χ3v) is 2.82. The molecule has 0 spiro atoms. The van der Waals surface area contributed by atoms with Gasteiger partial charge in [0, 0.05) is 6.21 Å². The molecule has 130 valence electrons. The van der Waals surface area contributed by atoms with Gasteiger partial charge in [0.1, 0.15) is 6.10 Å². The molecule has 1 atom stereocenters. The summed E-state index contributed by atoms with van der Waals surface area (Å²) < 4.78 is 0. The number of guanidine groups is 1. The van der Waals surface area contributed by atoms with E-state index in [1.165, 1.54) is 58.3 Å². The molecule has 0 aliphatic heterocycles. The highest BCUT2D eigenvalue weighted by molar-refractivity contribution is 5.75. The molecule has 0 saturated carbocycles. The number of rotatable bonds is 11. The van der Waals surface area contributed by atoms with Crippen LogP contribution in [0.2, 0.25) is 0 Å². The number of carbonyl (C=O) groups is 1. The van der Waals surface area contributed by atoms with E-state index >= 15 is 0 Å². The molecule has 0 saturated heterocycles. The van der Waals surface area contributed by atoms with E-state index in [4.69, 9.17) is 21.4 Å². The first-order valence-electron chi connectivity index (χ1n) is 7.94. The van der Waals surface area contributed by atoms with Gasteiger partial charge in [0.2, 0.25) is 5.96 Å². The number of nitrogens with zero attached hydrogens (tertiary/aromatic N) is 1. The monoisotopic (exact) mass is 316 g/mol. The van der Waals surface area contributed by atoms with Gasteiger partial charge in [-0.2, -0.15) is 5.10 Å². The van der Waals surface area contributed by atoms with E-state index < -0.39 is 12.1 Å². The van der Waals surface area contributed by atoms with Crippen molar-refractivity contribution in [2.75, 3.05) is 0 Å². The molecule has 0 aromatic rings.